The number of rotatable bonds is 4. The van der Waals surface area contributed by atoms with Gasteiger partial charge in [0.15, 0.2) is 21.3 Å². The van der Waals surface area contributed by atoms with E-state index in [1.807, 2.05) is 6.92 Å². The van der Waals surface area contributed by atoms with Crippen molar-refractivity contribution < 1.29 is 40.3 Å². The number of halogens is 5. The van der Waals surface area contributed by atoms with Gasteiger partial charge in [-0.2, -0.15) is 13.2 Å². The van der Waals surface area contributed by atoms with Crippen molar-refractivity contribution in [2.24, 2.45) is 0 Å². The molecule has 0 unspecified atom stereocenters. The van der Waals surface area contributed by atoms with Gasteiger partial charge in [0.25, 0.3) is 6.43 Å². The molecule has 2 heterocycles. The SMILES string of the molecule is Cc1ccc(S(C)(=O)=O)cc1-c1cnc2c(N)nc(-c3ccc(C(F)F)cc3)cn12.O=C(O)C(F)(F)F. The summed E-state index contributed by atoms with van der Waals surface area (Å²) in [5.41, 5.74) is 9.73. The predicted octanol–water partition coefficient (Wildman–Crippen LogP) is 4.93. The molecular weight excluding hydrogens is 523 g/mol. The summed E-state index contributed by atoms with van der Waals surface area (Å²) in [7, 11) is -3.38. The largest absolute Gasteiger partial charge is 0.490 e. The van der Waals surface area contributed by atoms with Crippen LogP contribution < -0.4 is 5.73 Å². The average molecular weight is 542 g/mol. The minimum absolute atomic E-state index is 0.0793. The van der Waals surface area contributed by atoms with Crippen molar-refractivity contribution in [2.75, 3.05) is 12.0 Å². The lowest BCUT2D eigenvalue weighted by Crippen LogP contribution is -2.21. The number of carboxylic acid groups (broad SMARTS) is 1. The molecule has 4 aromatic rings. The van der Waals surface area contributed by atoms with Crippen molar-refractivity contribution in [2.45, 2.75) is 24.4 Å². The predicted molar refractivity (Wildman–Crippen MR) is 125 cm³/mol. The monoisotopic (exact) mass is 542 g/mol. The molecule has 196 valence electrons. The number of hydrogen-bond donors (Lipinski definition) is 2. The number of aryl methyl sites for hydroxylation is 1. The molecule has 3 N–H and O–H groups in total. The molecule has 0 amide bonds. The molecule has 0 aliphatic heterocycles. The summed E-state index contributed by atoms with van der Waals surface area (Å²) in [6.07, 6.45) is -3.17. The van der Waals surface area contributed by atoms with Gasteiger partial charge in [0.2, 0.25) is 0 Å². The van der Waals surface area contributed by atoms with Crippen LogP contribution in [-0.4, -0.2) is 46.3 Å². The number of alkyl halides is 5. The normalized spacial score (nSPS) is 11.9. The fraction of sp³-hybridized carbons (Fsp3) is 0.174. The molecule has 4 rings (SSSR count). The third-order valence-corrected chi connectivity index (χ3v) is 6.24. The highest BCUT2D eigenvalue weighted by molar-refractivity contribution is 7.90. The van der Waals surface area contributed by atoms with Gasteiger partial charge >= 0.3 is 12.1 Å². The Kier molecular flexibility index (Phi) is 7.53. The minimum Gasteiger partial charge on any atom is -0.475 e. The highest BCUT2D eigenvalue weighted by Crippen LogP contribution is 2.30. The summed E-state index contributed by atoms with van der Waals surface area (Å²) in [6, 6.07) is 10.7. The van der Waals surface area contributed by atoms with Crippen molar-refractivity contribution in [3.8, 4) is 22.5 Å². The second kappa shape index (κ2) is 10.1. The number of aromatic nitrogens is 3. The van der Waals surface area contributed by atoms with Crippen LogP contribution in [0.4, 0.5) is 27.8 Å². The molecule has 0 radical (unpaired) electrons. The van der Waals surface area contributed by atoms with Gasteiger partial charge < -0.3 is 10.8 Å². The van der Waals surface area contributed by atoms with E-state index in [9.17, 15) is 30.4 Å². The molecule has 0 aliphatic carbocycles. The molecule has 0 fully saturated rings. The average Bonchev–Trinajstić information content (AvgIpc) is 3.23. The summed E-state index contributed by atoms with van der Waals surface area (Å²) >= 11 is 0. The molecule has 2 aromatic heterocycles. The van der Waals surface area contributed by atoms with Gasteiger partial charge in [-0.25, -0.2) is 32.0 Å². The lowest BCUT2D eigenvalue weighted by molar-refractivity contribution is -0.192. The highest BCUT2D eigenvalue weighted by Gasteiger charge is 2.38. The Hall–Kier alpha value is -4.07. The maximum absolute atomic E-state index is 12.8. The first-order valence-electron chi connectivity index (χ1n) is 10.2. The van der Waals surface area contributed by atoms with E-state index >= 15 is 0 Å². The molecule has 0 bridgehead atoms. The van der Waals surface area contributed by atoms with Crippen LogP contribution in [0.3, 0.4) is 0 Å². The lowest BCUT2D eigenvalue weighted by atomic mass is 10.1. The fourth-order valence-electron chi connectivity index (χ4n) is 3.26. The van der Waals surface area contributed by atoms with E-state index in [0.29, 0.717) is 28.2 Å². The highest BCUT2D eigenvalue weighted by atomic mass is 32.2. The van der Waals surface area contributed by atoms with Crippen molar-refractivity contribution in [1.29, 1.82) is 0 Å². The number of imidazole rings is 1. The quantitative estimate of drug-likeness (QED) is 0.350. The van der Waals surface area contributed by atoms with E-state index in [1.165, 1.54) is 12.1 Å². The summed E-state index contributed by atoms with van der Waals surface area (Å²) in [4.78, 5) is 17.8. The molecular formula is C23H19F5N4O4S. The molecule has 2 aromatic carbocycles. The summed E-state index contributed by atoms with van der Waals surface area (Å²) in [5.74, 6) is -2.58. The van der Waals surface area contributed by atoms with Crippen LogP contribution in [0.1, 0.15) is 17.6 Å². The number of aliphatic carboxylic acids is 1. The smallest absolute Gasteiger partial charge is 0.475 e. The molecule has 0 saturated carbocycles. The maximum Gasteiger partial charge on any atom is 0.490 e. The second-order valence-electron chi connectivity index (χ2n) is 7.82. The van der Waals surface area contributed by atoms with Gasteiger partial charge in [-0.05, 0) is 24.6 Å². The summed E-state index contributed by atoms with van der Waals surface area (Å²) < 4.78 is 83.1. The summed E-state index contributed by atoms with van der Waals surface area (Å²) in [5, 5.41) is 7.12. The van der Waals surface area contributed by atoms with E-state index in [0.717, 1.165) is 11.8 Å². The van der Waals surface area contributed by atoms with Crippen LogP contribution in [0.2, 0.25) is 0 Å². The van der Waals surface area contributed by atoms with Gasteiger partial charge in [0.1, 0.15) is 0 Å². The number of nitrogens with two attached hydrogens (primary N) is 1. The minimum atomic E-state index is -5.08. The molecule has 0 aliphatic rings. The van der Waals surface area contributed by atoms with Crippen molar-refractivity contribution >= 4 is 27.3 Å². The van der Waals surface area contributed by atoms with Gasteiger partial charge in [-0.3, -0.25) is 4.40 Å². The van der Waals surface area contributed by atoms with Gasteiger partial charge in [0, 0.05) is 29.1 Å². The van der Waals surface area contributed by atoms with Crippen molar-refractivity contribution in [3.63, 3.8) is 0 Å². The van der Waals surface area contributed by atoms with Crippen LogP contribution in [0, 0.1) is 6.92 Å². The Morgan fingerprint density at radius 3 is 2.22 bits per heavy atom. The zero-order valence-corrected chi connectivity index (χ0v) is 20.0. The van der Waals surface area contributed by atoms with E-state index < -0.39 is 28.4 Å². The number of benzene rings is 2. The Bertz CT molecular complexity index is 1570. The second-order valence-corrected chi connectivity index (χ2v) is 9.84. The number of sulfone groups is 1. The number of carbonyl (C=O) groups is 1. The molecule has 37 heavy (non-hydrogen) atoms. The third kappa shape index (κ3) is 6.20. The Morgan fingerprint density at radius 2 is 1.70 bits per heavy atom. The number of carboxylic acids is 1. The first kappa shape index (κ1) is 27.5. The Morgan fingerprint density at radius 1 is 1.11 bits per heavy atom. The topological polar surface area (TPSA) is 128 Å². The Balaban J connectivity index is 0.000000479. The zero-order chi connectivity index (χ0) is 27.7. The van der Waals surface area contributed by atoms with E-state index in [2.05, 4.69) is 9.97 Å². The number of hydrogen-bond acceptors (Lipinski definition) is 6. The maximum atomic E-state index is 12.8. The number of nitrogens with zero attached hydrogens (tertiary/aromatic N) is 3. The van der Waals surface area contributed by atoms with E-state index in [1.54, 1.807) is 47.1 Å². The van der Waals surface area contributed by atoms with Gasteiger partial charge in [0.05, 0.1) is 22.5 Å². The molecule has 14 heteroatoms. The van der Waals surface area contributed by atoms with Crippen LogP contribution in [-0.2, 0) is 14.6 Å². The molecule has 8 nitrogen and oxygen atoms in total. The van der Waals surface area contributed by atoms with Gasteiger partial charge in [-0.1, -0.05) is 30.3 Å². The molecule has 0 atom stereocenters. The molecule has 0 spiro atoms. The fourth-order valence-corrected chi connectivity index (χ4v) is 3.90. The van der Waals surface area contributed by atoms with Crippen LogP contribution in [0.15, 0.2) is 59.8 Å². The first-order chi connectivity index (χ1) is 17.1. The van der Waals surface area contributed by atoms with Crippen molar-refractivity contribution in [3.05, 3.63) is 66.0 Å². The van der Waals surface area contributed by atoms with E-state index in [-0.39, 0.29) is 16.3 Å². The zero-order valence-electron chi connectivity index (χ0n) is 19.2. The molecule has 0 saturated heterocycles. The summed E-state index contributed by atoms with van der Waals surface area (Å²) in [6.45, 7) is 1.87. The number of nitrogen functional groups attached to an aromatic ring is 1. The van der Waals surface area contributed by atoms with Crippen LogP contribution in [0.25, 0.3) is 28.2 Å². The van der Waals surface area contributed by atoms with Crippen LogP contribution >= 0.6 is 0 Å². The number of fused-ring (bicyclic) bond motifs is 1. The lowest BCUT2D eigenvalue weighted by Gasteiger charge is -2.10. The van der Waals surface area contributed by atoms with Gasteiger partial charge in [-0.15, -0.1) is 0 Å². The van der Waals surface area contributed by atoms with Crippen molar-refractivity contribution in [1.82, 2.24) is 14.4 Å². The van der Waals surface area contributed by atoms with E-state index in [4.69, 9.17) is 15.6 Å². The third-order valence-electron chi connectivity index (χ3n) is 5.13. The van der Waals surface area contributed by atoms with Crippen LogP contribution in [0.5, 0.6) is 0 Å². The number of anilines is 1. The Labute approximate surface area is 207 Å². The standard InChI is InChI=1S/C21H18F2N4O2S.C2HF3O2/c1-12-3-8-15(30(2,28)29)9-16(12)18-10-25-21-20(24)26-17(11-27(18)21)13-4-6-14(7-5-13)19(22)23;3-2(4,5)1(6)7/h3-11,19H,1-2H3,(H2,24,26);(H,6,7). The first-order valence-corrected chi connectivity index (χ1v) is 12.1.